The van der Waals surface area contributed by atoms with Gasteiger partial charge in [-0.3, -0.25) is 9.59 Å². The molecule has 7 heteroatoms. The Morgan fingerprint density at radius 2 is 1.59 bits per heavy atom. The number of ether oxygens (including phenoxy) is 3. The van der Waals surface area contributed by atoms with Crippen molar-refractivity contribution < 1.29 is 23.8 Å². The monoisotopic (exact) mass is 460 g/mol. The minimum Gasteiger partial charge on any atom is -0.496 e. The van der Waals surface area contributed by atoms with Crippen molar-refractivity contribution in [3.05, 3.63) is 89.0 Å². The van der Waals surface area contributed by atoms with Crippen LogP contribution < -0.4 is 19.5 Å². The van der Waals surface area contributed by atoms with Gasteiger partial charge in [-0.2, -0.15) is 0 Å². The van der Waals surface area contributed by atoms with E-state index in [9.17, 15) is 9.59 Å². The summed E-state index contributed by atoms with van der Waals surface area (Å²) in [4.78, 5) is 28.2. The summed E-state index contributed by atoms with van der Waals surface area (Å²) in [5.41, 5.74) is 3.12. The highest BCUT2D eigenvalue weighted by Crippen LogP contribution is 2.36. The van der Waals surface area contributed by atoms with Gasteiger partial charge in [0.15, 0.2) is 11.5 Å². The minimum atomic E-state index is -0.709. The zero-order chi connectivity index (χ0) is 24.1. The maximum absolute atomic E-state index is 13.3. The average molecular weight is 461 g/mol. The molecule has 3 aromatic carbocycles. The second kappa shape index (κ2) is 10.3. The van der Waals surface area contributed by atoms with Gasteiger partial charge in [0, 0.05) is 17.7 Å². The van der Waals surface area contributed by atoms with E-state index < -0.39 is 6.04 Å². The van der Waals surface area contributed by atoms with Crippen LogP contribution in [0.3, 0.4) is 0 Å². The van der Waals surface area contributed by atoms with Gasteiger partial charge in [-0.25, -0.2) is 0 Å². The number of rotatable bonds is 9. The molecule has 1 N–H and O–H groups in total. The van der Waals surface area contributed by atoms with Crippen LogP contribution in [0.4, 0.5) is 0 Å². The molecule has 3 aromatic rings. The third kappa shape index (κ3) is 4.55. The molecule has 2 amide bonds. The van der Waals surface area contributed by atoms with Crippen molar-refractivity contribution in [1.82, 2.24) is 10.2 Å². The van der Waals surface area contributed by atoms with Gasteiger partial charge in [-0.05, 0) is 41.8 Å². The standard InChI is InChI=1S/C27H28N2O5/c1-32-22-11-7-4-8-19(22)17-29-25(20-9-5-6-10-21(20)27(29)31)26(30)28-15-14-18-12-13-23(33-2)24(16-18)34-3/h4-13,16,25H,14-15,17H2,1-3H3,(H,28,30)/t25-/m0/s1. The number of benzene rings is 3. The average Bonchev–Trinajstić information content (AvgIpc) is 3.15. The highest BCUT2D eigenvalue weighted by atomic mass is 16.5. The molecule has 7 nitrogen and oxygen atoms in total. The summed E-state index contributed by atoms with van der Waals surface area (Å²) >= 11 is 0. The van der Waals surface area contributed by atoms with Gasteiger partial charge in [0.1, 0.15) is 11.8 Å². The highest BCUT2D eigenvalue weighted by molar-refractivity contribution is 6.04. The third-order valence-electron chi connectivity index (χ3n) is 6.00. The van der Waals surface area contributed by atoms with Crippen LogP contribution in [0.1, 0.15) is 33.1 Å². The molecule has 1 aliphatic rings. The summed E-state index contributed by atoms with van der Waals surface area (Å²) in [5, 5.41) is 3.01. The Morgan fingerprint density at radius 3 is 2.35 bits per heavy atom. The molecular weight excluding hydrogens is 432 g/mol. The minimum absolute atomic E-state index is 0.165. The van der Waals surface area contributed by atoms with E-state index in [1.165, 1.54) is 0 Å². The molecule has 1 heterocycles. The Labute approximate surface area is 199 Å². The number of nitrogens with zero attached hydrogens (tertiary/aromatic N) is 1. The molecule has 0 fully saturated rings. The fourth-order valence-electron chi connectivity index (χ4n) is 4.30. The van der Waals surface area contributed by atoms with E-state index in [1.54, 1.807) is 32.3 Å². The van der Waals surface area contributed by atoms with E-state index in [-0.39, 0.29) is 18.4 Å². The van der Waals surface area contributed by atoms with E-state index in [0.717, 1.165) is 11.1 Å². The van der Waals surface area contributed by atoms with Gasteiger partial charge in [-0.15, -0.1) is 0 Å². The van der Waals surface area contributed by atoms with Crippen LogP contribution in [-0.4, -0.2) is 44.6 Å². The molecule has 0 bridgehead atoms. The number of hydrogen-bond acceptors (Lipinski definition) is 5. The first kappa shape index (κ1) is 23.2. The predicted octanol–water partition coefficient (Wildman–Crippen LogP) is 3.77. The SMILES string of the molecule is COc1ccccc1CN1C(=O)c2ccccc2[C@H]1C(=O)NCCc1ccc(OC)c(OC)c1. The Morgan fingerprint density at radius 1 is 0.882 bits per heavy atom. The van der Waals surface area contributed by atoms with Crippen LogP contribution in [-0.2, 0) is 17.8 Å². The number of carbonyl (C=O) groups excluding carboxylic acids is 2. The van der Waals surface area contributed by atoms with Crippen molar-refractivity contribution in [2.75, 3.05) is 27.9 Å². The molecule has 0 aliphatic carbocycles. The largest absolute Gasteiger partial charge is 0.496 e. The molecule has 34 heavy (non-hydrogen) atoms. The van der Waals surface area contributed by atoms with Gasteiger partial charge in [-0.1, -0.05) is 42.5 Å². The molecular formula is C27H28N2O5. The first-order valence-corrected chi connectivity index (χ1v) is 11.1. The van der Waals surface area contributed by atoms with E-state index in [2.05, 4.69) is 5.32 Å². The molecule has 176 valence electrons. The number of nitrogens with one attached hydrogen (secondary N) is 1. The topological polar surface area (TPSA) is 77.1 Å². The van der Waals surface area contributed by atoms with Crippen LogP contribution in [0.25, 0.3) is 0 Å². The van der Waals surface area contributed by atoms with Gasteiger partial charge in [0.2, 0.25) is 5.91 Å². The van der Waals surface area contributed by atoms with Crippen LogP contribution in [0, 0.1) is 0 Å². The number of amides is 2. The van der Waals surface area contributed by atoms with Crippen LogP contribution >= 0.6 is 0 Å². The number of methoxy groups -OCH3 is 3. The van der Waals surface area contributed by atoms with Crippen LogP contribution in [0.2, 0.25) is 0 Å². The lowest BCUT2D eigenvalue weighted by Gasteiger charge is -2.25. The lowest BCUT2D eigenvalue weighted by molar-refractivity contribution is -0.125. The van der Waals surface area contributed by atoms with Gasteiger partial charge in [0.05, 0.1) is 27.9 Å². The summed E-state index contributed by atoms with van der Waals surface area (Å²) in [6, 6.07) is 19.8. The van der Waals surface area contributed by atoms with E-state index in [4.69, 9.17) is 14.2 Å². The third-order valence-corrected chi connectivity index (χ3v) is 6.00. The lowest BCUT2D eigenvalue weighted by atomic mass is 10.0. The summed E-state index contributed by atoms with van der Waals surface area (Å²) in [6.07, 6.45) is 0.612. The summed E-state index contributed by atoms with van der Waals surface area (Å²) in [5.74, 6) is 1.60. The van der Waals surface area contributed by atoms with Gasteiger partial charge < -0.3 is 24.4 Å². The van der Waals surface area contributed by atoms with E-state index in [0.29, 0.717) is 41.3 Å². The predicted molar refractivity (Wildman–Crippen MR) is 128 cm³/mol. The number of para-hydroxylation sites is 1. The molecule has 0 radical (unpaired) electrons. The van der Waals surface area contributed by atoms with Crippen molar-refractivity contribution in [1.29, 1.82) is 0 Å². The van der Waals surface area contributed by atoms with E-state index in [1.807, 2.05) is 60.7 Å². The summed E-state index contributed by atoms with van der Waals surface area (Å²) in [7, 11) is 4.78. The summed E-state index contributed by atoms with van der Waals surface area (Å²) < 4.78 is 16.1. The van der Waals surface area contributed by atoms with Crippen molar-refractivity contribution >= 4 is 11.8 Å². The maximum atomic E-state index is 13.3. The van der Waals surface area contributed by atoms with Crippen LogP contribution in [0.5, 0.6) is 17.2 Å². The van der Waals surface area contributed by atoms with Crippen molar-refractivity contribution in [2.24, 2.45) is 0 Å². The zero-order valence-electron chi connectivity index (χ0n) is 19.5. The molecule has 0 saturated carbocycles. The Hall–Kier alpha value is -4.00. The smallest absolute Gasteiger partial charge is 0.255 e. The number of hydrogen-bond donors (Lipinski definition) is 1. The molecule has 4 rings (SSSR count). The Bertz CT molecular complexity index is 1190. The lowest BCUT2D eigenvalue weighted by Crippen LogP contribution is -2.39. The molecule has 0 aromatic heterocycles. The summed E-state index contributed by atoms with van der Waals surface area (Å²) in [6.45, 7) is 0.689. The quantitative estimate of drug-likeness (QED) is 0.526. The first-order valence-electron chi connectivity index (χ1n) is 11.1. The Balaban J connectivity index is 1.51. The first-order chi connectivity index (χ1) is 16.6. The second-order valence-electron chi connectivity index (χ2n) is 7.97. The Kier molecular flexibility index (Phi) is 7.01. The van der Waals surface area contributed by atoms with Gasteiger partial charge in [0.25, 0.3) is 5.91 Å². The molecule has 1 aliphatic heterocycles. The number of carbonyl (C=O) groups is 2. The number of fused-ring (bicyclic) bond motifs is 1. The van der Waals surface area contributed by atoms with E-state index >= 15 is 0 Å². The molecule has 0 saturated heterocycles. The normalized spacial score (nSPS) is 14.5. The second-order valence-corrected chi connectivity index (χ2v) is 7.97. The fraction of sp³-hybridized carbons (Fsp3) is 0.259. The van der Waals surface area contributed by atoms with Crippen molar-refractivity contribution in [3.8, 4) is 17.2 Å². The zero-order valence-corrected chi connectivity index (χ0v) is 19.5. The molecule has 0 spiro atoms. The fourth-order valence-corrected chi connectivity index (χ4v) is 4.30. The van der Waals surface area contributed by atoms with Crippen molar-refractivity contribution in [3.63, 3.8) is 0 Å². The maximum Gasteiger partial charge on any atom is 0.255 e. The molecule has 1 atom stereocenters. The van der Waals surface area contributed by atoms with Gasteiger partial charge >= 0.3 is 0 Å². The highest BCUT2D eigenvalue weighted by Gasteiger charge is 2.41. The van der Waals surface area contributed by atoms with Crippen molar-refractivity contribution in [2.45, 2.75) is 19.0 Å². The van der Waals surface area contributed by atoms with Crippen LogP contribution in [0.15, 0.2) is 66.7 Å². The molecule has 0 unspecified atom stereocenters.